The second-order valence-corrected chi connectivity index (χ2v) is 8.70. The van der Waals surface area contributed by atoms with Crippen molar-refractivity contribution in [3.8, 4) is 5.69 Å². The molecule has 1 saturated heterocycles. The lowest BCUT2D eigenvalue weighted by Gasteiger charge is -2.26. The summed E-state index contributed by atoms with van der Waals surface area (Å²) in [5.41, 5.74) is 3.43. The van der Waals surface area contributed by atoms with Crippen molar-refractivity contribution in [3.05, 3.63) is 84.1 Å². The highest BCUT2D eigenvalue weighted by molar-refractivity contribution is 8.00. The van der Waals surface area contributed by atoms with Gasteiger partial charge in [-0.05, 0) is 73.7 Å². The molecular weight excluding hydrogens is 437 g/mol. The number of hydrogen-bond donors (Lipinski definition) is 1. The van der Waals surface area contributed by atoms with Crippen LogP contribution in [0.15, 0.2) is 61.4 Å². The number of nitrogens with one attached hydrogen (secondary N) is 1. The maximum absolute atomic E-state index is 13.3. The minimum Gasteiger partial charge on any atom is -0.348 e. The van der Waals surface area contributed by atoms with Crippen LogP contribution >= 0.6 is 11.9 Å². The van der Waals surface area contributed by atoms with Crippen LogP contribution < -0.4 is 9.62 Å². The quantitative estimate of drug-likeness (QED) is 0.394. The number of anilines is 1. The van der Waals surface area contributed by atoms with E-state index in [-0.39, 0.29) is 11.7 Å². The van der Waals surface area contributed by atoms with Gasteiger partial charge in [-0.25, -0.2) is 14.1 Å². The van der Waals surface area contributed by atoms with Gasteiger partial charge in [-0.1, -0.05) is 18.7 Å². The van der Waals surface area contributed by atoms with Crippen molar-refractivity contribution in [1.29, 1.82) is 0 Å². The Morgan fingerprint density at radius 1 is 1.21 bits per heavy atom. The maximum Gasteiger partial charge on any atom is 0.251 e. The van der Waals surface area contributed by atoms with E-state index < -0.39 is 0 Å². The number of carbonyl (C=O) groups excluding carboxylic acids is 1. The van der Waals surface area contributed by atoms with Crippen LogP contribution in [0.5, 0.6) is 0 Å². The predicted octanol–water partition coefficient (Wildman–Crippen LogP) is 5.02. The Morgan fingerprint density at radius 3 is 2.67 bits per heavy atom. The van der Waals surface area contributed by atoms with Crippen molar-refractivity contribution in [2.24, 2.45) is 0 Å². The molecule has 170 valence electrons. The molecular formula is C25H26FN5OS. The summed E-state index contributed by atoms with van der Waals surface area (Å²) in [6.07, 6.45) is 9.26. The van der Waals surface area contributed by atoms with E-state index in [0.717, 1.165) is 23.7 Å². The van der Waals surface area contributed by atoms with Gasteiger partial charge in [-0.15, -0.1) is 0 Å². The Labute approximate surface area is 197 Å². The SMILES string of the molecule is C=Cc1c(/C(=C\C)C(=O)NCc2ccc(N3CCCCS3)nc2)cnn1-c1ccc(F)cc1. The van der Waals surface area contributed by atoms with Crippen LogP contribution in [0.2, 0.25) is 0 Å². The minimum atomic E-state index is -0.322. The average Bonchev–Trinajstić information content (AvgIpc) is 3.28. The lowest BCUT2D eigenvalue weighted by molar-refractivity contribution is -0.115. The number of pyridine rings is 1. The fraction of sp³-hybridized carbons (Fsp3) is 0.240. The third-order valence-electron chi connectivity index (χ3n) is 5.41. The molecule has 4 rings (SSSR count). The first kappa shape index (κ1) is 22.8. The smallest absolute Gasteiger partial charge is 0.251 e. The molecule has 0 saturated carbocycles. The molecule has 0 aliphatic carbocycles. The molecule has 1 aromatic carbocycles. The van der Waals surface area contributed by atoms with Gasteiger partial charge in [-0.2, -0.15) is 5.10 Å². The molecule has 1 N–H and O–H groups in total. The Bertz CT molecular complexity index is 1150. The molecule has 0 radical (unpaired) electrons. The number of halogens is 1. The van der Waals surface area contributed by atoms with E-state index in [0.29, 0.717) is 29.1 Å². The summed E-state index contributed by atoms with van der Waals surface area (Å²) in [5.74, 6) is 1.54. The topological polar surface area (TPSA) is 63.1 Å². The van der Waals surface area contributed by atoms with E-state index in [1.165, 1.54) is 25.0 Å². The first-order chi connectivity index (χ1) is 16.1. The van der Waals surface area contributed by atoms with Crippen molar-refractivity contribution in [2.45, 2.75) is 26.3 Å². The van der Waals surface area contributed by atoms with Gasteiger partial charge in [0.2, 0.25) is 0 Å². The van der Waals surface area contributed by atoms with E-state index in [1.807, 2.05) is 37.2 Å². The number of carbonyl (C=O) groups is 1. The van der Waals surface area contributed by atoms with Crippen molar-refractivity contribution in [3.63, 3.8) is 0 Å². The van der Waals surface area contributed by atoms with Gasteiger partial charge in [0.05, 0.1) is 17.6 Å². The Hall–Kier alpha value is -3.39. The highest BCUT2D eigenvalue weighted by Gasteiger charge is 2.19. The second-order valence-electron chi connectivity index (χ2n) is 7.59. The number of benzene rings is 1. The van der Waals surface area contributed by atoms with Gasteiger partial charge in [0.1, 0.15) is 11.6 Å². The monoisotopic (exact) mass is 463 g/mol. The highest BCUT2D eigenvalue weighted by atomic mass is 32.2. The fourth-order valence-electron chi connectivity index (χ4n) is 3.68. The van der Waals surface area contributed by atoms with Crippen molar-refractivity contribution in [1.82, 2.24) is 20.1 Å². The standard InChI is InChI=1S/C25H26FN5OS/c1-3-21(22-17-29-31(23(22)4-2)20-10-8-19(26)9-11-20)25(32)28-16-18-7-12-24(27-15-18)30-13-5-6-14-33-30/h3-4,7-12,15,17H,2,5-6,13-14,16H2,1H3,(H,28,32)/b21-3+. The molecule has 0 unspecified atom stereocenters. The lowest BCUT2D eigenvalue weighted by Crippen LogP contribution is -2.24. The molecule has 1 aliphatic rings. The van der Waals surface area contributed by atoms with E-state index in [4.69, 9.17) is 0 Å². The molecule has 0 spiro atoms. The normalized spacial score (nSPS) is 14.2. The molecule has 0 atom stereocenters. The summed E-state index contributed by atoms with van der Waals surface area (Å²) in [7, 11) is 0. The van der Waals surface area contributed by atoms with Gasteiger partial charge in [-0.3, -0.25) is 4.79 Å². The van der Waals surface area contributed by atoms with Crippen molar-refractivity contribution < 1.29 is 9.18 Å². The van der Waals surface area contributed by atoms with Crippen molar-refractivity contribution >= 4 is 35.3 Å². The zero-order valence-electron chi connectivity index (χ0n) is 18.5. The van der Waals surface area contributed by atoms with Crippen LogP contribution in [0.3, 0.4) is 0 Å². The highest BCUT2D eigenvalue weighted by Crippen LogP contribution is 2.26. The van der Waals surface area contributed by atoms with E-state index in [2.05, 4.69) is 26.3 Å². The largest absolute Gasteiger partial charge is 0.348 e. The third-order valence-corrected chi connectivity index (χ3v) is 6.57. The van der Waals surface area contributed by atoms with Crippen LogP contribution in [0.1, 0.15) is 36.6 Å². The number of allylic oxidation sites excluding steroid dienone is 1. The predicted molar refractivity (Wildman–Crippen MR) is 132 cm³/mol. The van der Waals surface area contributed by atoms with Crippen LogP contribution in [0.4, 0.5) is 10.2 Å². The zero-order chi connectivity index (χ0) is 23.2. The molecule has 1 aliphatic heterocycles. The van der Waals surface area contributed by atoms with Crippen LogP contribution in [-0.4, -0.2) is 33.0 Å². The summed E-state index contributed by atoms with van der Waals surface area (Å²) >= 11 is 1.81. The molecule has 3 aromatic rings. The van der Waals surface area contributed by atoms with E-state index in [1.54, 1.807) is 35.2 Å². The molecule has 8 heteroatoms. The molecule has 3 heterocycles. The van der Waals surface area contributed by atoms with Gasteiger partial charge >= 0.3 is 0 Å². The summed E-state index contributed by atoms with van der Waals surface area (Å²) < 4.78 is 17.2. The van der Waals surface area contributed by atoms with Gasteiger partial charge in [0.25, 0.3) is 5.91 Å². The van der Waals surface area contributed by atoms with Crippen LogP contribution in [0.25, 0.3) is 17.3 Å². The number of rotatable bonds is 7. The van der Waals surface area contributed by atoms with Gasteiger partial charge < -0.3 is 9.62 Å². The van der Waals surface area contributed by atoms with E-state index in [9.17, 15) is 9.18 Å². The molecule has 1 fully saturated rings. The summed E-state index contributed by atoms with van der Waals surface area (Å²) in [6.45, 7) is 7.06. The average molecular weight is 464 g/mol. The van der Waals surface area contributed by atoms with Gasteiger partial charge in [0, 0.05) is 36.2 Å². The Balaban J connectivity index is 1.45. The Kier molecular flexibility index (Phi) is 7.24. The fourth-order valence-corrected chi connectivity index (χ4v) is 4.73. The molecule has 1 amide bonds. The zero-order valence-corrected chi connectivity index (χ0v) is 19.3. The van der Waals surface area contributed by atoms with E-state index >= 15 is 0 Å². The first-order valence-electron chi connectivity index (χ1n) is 10.9. The third kappa shape index (κ3) is 5.17. The number of nitrogens with zero attached hydrogens (tertiary/aromatic N) is 4. The number of aromatic nitrogens is 3. The van der Waals surface area contributed by atoms with Crippen LogP contribution in [0, 0.1) is 5.82 Å². The second kappa shape index (κ2) is 10.5. The molecule has 33 heavy (non-hydrogen) atoms. The minimum absolute atomic E-state index is 0.213. The first-order valence-corrected chi connectivity index (χ1v) is 11.8. The van der Waals surface area contributed by atoms with Gasteiger partial charge in [0.15, 0.2) is 0 Å². The van der Waals surface area contributed by atoms with Crippen molar-refractivity contribution in [2.75, 3.05) is 16.6 Å². The Morgan fingerprint density at radius 2 is 2.03 bits per heavy atom. The summed E-state index contributed by atoms with van der Waals surface area (Å²) in [5, 5.41) is 7.36. The molecule has 6 nitrogen and oxygen atoms in total. The lowest BCUT2D eigenvalue weighted by atomic mass is 10.1. The number of hydrogen-bond acceptors (Lipinski definition) is 5. The molecule has 2 aromatic heterocycles. The number of amides is 1. The summed E-state index contributed by atoms with van der Waals surface area (Å²) in [6, 6.07) is 10.0. The van der Waals surface area contributed by atoms with Crippen LogP contribution in [-0.2, 0) is 11.3 Å². The maximum atomic E-state index is 13.3. The summed E-state index contributed by atoms with van der Waals surface area (Å²) in [4.78, 5) is 17.5. The molecule has 0 bridgehead atoms.